The Balaban J connectivity index is 1.51. The first-order valence-corrected chi connectivity index (χ1v) is 15.8. The number of carbonyl (C=O) groups is 1. The molecule has 0 saturated heterocycles. The van der Waals surface area contributed by atoms with E-state index in [9.17, 15) is 9.59 Å². The molecule has 2 heterocycles. The SMILES string of the molecule is CCOC(=O)C1=C(C)N=c2s/c(=C\c3ccc(OCc4ccc(Cl)cc4Cl)c(Br)c3)c(=O)n2[C@H]1c1ccc(N(C)C)cc1. The van der Waals surface area contributed by atoms with Gasteiger partial charge in [-0.1, -0.05) is 58.8 Å². The van der Waals surface area contributed by atoms with Crippen molar-refractivity contribution >= 4 is 68.2 Å². The zero-order valence-electron chi connectivity index (χ0n) is 23.9. The number of aromatic nitrogens is 1. The fourth-order valence-electron chi connectivity index (χ4n) is 4.73. The second kappa shape index (κ2) is 13.1. The topological polar surface area (TPSA) is 73.1 Å². The van der Waals surface area contributed by atoms with E-state index >= 15 is 0 Å². The van der Waals surface area contributed by atoms with Gasteiger partial charge in [0.15, 0.2) is 4.80 Å². The smallest absolute Gasteiger partial charge is 0.338 e. The van der Waals surface area contributed by atoms with Gasteiger partial charge in [0, 0.05) is 35.4 Å². The average molecular weight is 701 g/mol. The summed E-state index contributed by atoms with van der Waals surface area (Å²) in [6.07, 6.45) is 1.81. The van der Waals surface area contributed by atoms with E-state index in [1.807, 2.05) is 73.6 Å². The number of nitrogens with zero attached hydrogens (tertiary/aromatic N) is 3. The number of anilines is 1. The lowest BCUT2D eigenvalue weighted by Crippen LogP contribution is -2.39. The Hall–Kier alpha value is -3.37. The molecule has 222 valence electrons. The Morgan fingerprint density at radius 2 is 1.86 bits per heavy atom. The van der Waals surface area contributed by atoms with Crippen molar-refractivity contribution in [3.63, 3.8) is 0 Å². The highest BCUT2D eigenvalue weighted by Crippen LogP contribution is 2.32. The summed E-state index contributed by atoms with van der Waals surface area (Å²) in [5.41, 5.74) is 4.04. The number of hydrogen-bond donors (Lipinski definition) is 0. The third-order valence-electron chi connectivity index (χ3n) is 6.89. The van der Waals surface area contributed by atoms with Crippen LogP contribution in [0, 0.1) is 0 Å². The molecule has 11 heteroatoms. The van der Waals surface area contributed by atoms with Crippen LogP contribution in [0.1, 0.15) is 36.6 Å². The van der Waals surface area contributed by atoms with Gasteiger partial charge >= 0.3 is 5.97 Å². The van der Waals surface area contributed by atoms with Crippen LogP contribution in [0.25, 0.3) is 6.08 Å². The second-order valence-electron chi connectivity index (χ2n) is 10.0. The first-order chi connectivity index (χ1) is 20.6. The summed E-state index contributed by atoms with van der Waals surface area (Å²) in [4.78, 5) is 34.2. The number of esters is 1. The summed E-state index contributed by atoms with van der Waals surface area (Å²) in [6.45, 7) is 4.01. The van der Waals surface area contributed by atoms with Gasteiger partial charge in [0.1, 0.15) is 12.4 Å². The molecule has 1 aliphatic rings. The lowest BCUT2D eigenvalue weighted by atomic mass is 9.95. The maximum absolute atomic E-state index is 13.9. The molecule has 1 aromatic heterocycles. The largest absolute Gasteiger partial charge is 0.488 e. The molecule has 0 radical (unpaired) electrons. The molecule has 4 aromatic rings. The number of benzene rings is 3. The molecule has 0 N–H and O–H groups in total. The number of fused-ring (bicyclic) bond motifs is 1. The van der Waals surface area contributed by atoms with Gasteiger partial charge in [0.25, 0.3) is 5.56 Å². The zero-order chi connectivity index (χ0) is 30.8. The van der Waals surface area contributed by atoms with Crippen molar-refractivity contribution in [2.75, 3.05) is 25.6 Å². The predicted molar refractivity (Wildman–Crippen MR) is 176 cm³/mol. The lowest BCUT2D eigenvalue weighted by Gasteiger charge is -2.25. The minimum absolute atomic E-state index is 0.216. The van der Waals surface area contributed by atoms with Gasteiger partial charge in [-0.2, -0.15) is 0 Å². The minimum atomic E-state index is -0.670. The number of allylic oxidation sites excluding steroid dienone is 1. The third kappa shape index (κ3) is 6.60. The lowest BCUT2D eigenvalue weighted by molar-refractivity contribution is -0.139. The van der Waals surface area contributed by atoms with Crippen molar-refractivity contribution in [1.82, 2.24) is 4.57 Å². The van der Waals surface area contributed by atoms with Crippen LogP contribution in [0.3, 0.4) is 0 Å². The molecule has 1 aliphatic heterocycles. The summed E-state index contributed by atoms with van der Waals surface area (Å²) in [6, 6.07) is 18.0. The Bertz CT molecular complexity index is 1920. The minimum Gasteiger partial charge on any atom is -0.488 e. The van der Waals surface area contributed by atoms with Crippen LogP contribution >= 0.6 is 50.5 Å². The maximum atomic E-state index is 13.9. The quantitative estimate of drug-likeness (QED) is 0.196. The molecule has 7 nitrogen and oxygen atoms in total. The predicted octanol–water partition coefficient (Wildman–Crippen LogP) is 6.51. The van der Waals surface area contributed by atoms with Gasteiger partial charge in [0.2, 0.25) is 0 Å². The van der Waals surface area contributed by atoms with E-state index in [1.54, 1.807) is 30.5 Å². The van der Waals surface area contributed by atoms with E-state index in [0.717, 1.165) is 26.9 Å². The van der Waals surface area contributed by atoms with Crippen molar-refractivity contribution in [3.05, 3.63) is 123 Å². The fourth-order valence-corrected chi connectivity index (χ4v) is 6.75. The Morgan fingerprint density at radius 3 is 2.51 bits per heavy atom. The first-order valence-electron chi connectivity index (χ1n) is 13.4. The van der Waals surface area contributed by atoms with E-state index in [1.165, 1.54) is 11.3 Å². The molecule has 43 heavy (non-hydrogen) atoms. The van der Waals surface area contributed by atoms with Gasteiger partial charge in [-0.3, -0.25) is 9.36 Å². The maximum Gasteiger partial charge on any atom is 0.338 e. The third-order valence-corrected chi connectivity index (χ3v) is 9.08. The number of carbonyl (C=O) groups excluding carboxylic acids is 1. The molecule has 3 aromatic carbocycles. The van der Waals surface area contributed by atoms with E-state index < -0.39 is 12.0 Å². The van der Waals surface area contributed by atoms with Crippen LogP contribution in [-0.2, 0) is 16.1 Å². The van der Waals surface area contributed by atoms with Gasteiger partial charge < -0.3 is 14.4 Å². The Kier molecular flexibility index (Phi) is 9.46. The molecule has 0 spiro atoms. The van der Waals surface area contributed by atoms with Crippen LogP contribution in [0.15, 0.2) is 86.2 Å². The average Bonchev–Trinajstić information content (AvgIpc) is 3.26. The van der Waals surface area contributed by atoms with Gasteiger partial charge in [-0.15, -0.1) is 0 Å². The molecular formula is C32H28BrCl2N3O4S. The monoisotopic (exact) mass is 699 g/mol. The molecule has 0 unspecified atom stereocenters. The van der Waals surface area contributed by atoms with Crippen molar-refractivity contribution < 1.29 is 14.3 Å². The Morgan fingerprint density at radius 1 is 1.12 bits per heavy atom. The fraction of sp³-hybridized carbons (Fsp3) is 0.219. The van der Waals surface area contributed by atoms with Crippen molar-refractivity contribution in [2.24, 2.45) is 4.99 Å². The van der Waals surface area contributed by atoms with E-state index in [0.29, 0.717) is 36.4 Å². The van der Waals surface area contributed by atoms with Crippen molar-refractivity contribution in [2.45, 2.75) is 26.5 Å². The van der Waals surface area contributed by atoms with Crippen LogP contribution in [0.4, 0.5) is 5.69 Å². The van der Waals surface area contributed by atoms with Gasteiger partial charge in [-0.25, -0.2) is 9.79 Å². The van der Waals surface area contributed by atoms with Gasteiger partial charge in [0.05, 0.1) is 32.9 Å². The molecule has 0 aliphatic carbocycles. The van der Waals surface area contributed by atoms with Crippen LogP contribution in [0.5, 0.6) is 5.75 Å². The van der Waals surface area contributed by atoms with E-state index in [4.69, 9.17) is 32.7 Å². The molecule has 0 bridgehead atoms. The normalized spacial score (nSPS) is 14.8. The molecule has 5 rings (SSSR count). The van der Waals surface area contributed by atoms with Gasteiger partial charge in [-0.05, 0) is 83.4 Å². The van der Waals surface area contributed by atoms with Crippen LogP contribution < -0.4 is 24.5 Å². The van der Waals surface area contributed by atoms with Crippen LogP contribution in [0.2, 0.25) is 10.0 Å². The number of ether oxygens (including phenoxy) is 2. The summed E-state index contributed by atoms with van der Waals surface area (Å²) >= 11 is 17.1. The Labute approximate surface area is 271 Å². The summed E-state index contributed by atoms with van der Waals surface area (Å²) < 4.78 is 14.2. The van der Waals surface area contributed by atoms with E-state index in [2.05, 4.69) is 20.9 Å². The number of rotatable bonds is 8. The molecule has 1 atom stereocenters. The van der Waals surface area contributed by atoms with Crippen molar-refractivity contribution in [3.8, 4) is 5.75 Å². The van der Waals surface area contributed by atoms with E-state index in [-0.39, 0.29) is 18.8 Å². The molecule has 0 amide bonds. The molecule has 0 fully saturated rings. The summed E-state index contributed by atoms with van der Waals surface area (Å²) in [5.74, 6) is 0.139. The zero-order valence-corrected chi connectivity index (χ0v) is 27.8. The highest BCUT2D eigenvalue weighted by Gasteiger charge is 2.33. The van der Waals surface area contributed by atoms with Crippen molar-refractivity contribution in [1.29, 1.82) is 0 Å². The highest BCUT2D eigenvalue weighted by atomic mass is 79.9. The number of halogens is 3. The summed E-state index contributed by atoms with van der Waals surface area (Å²) in [5, 5.41) is 1.09. The standard InChI is InChI=1S/C32H28BrCl2N3O4S/c1-5-41-31(40)28-18(2)36-32-38(29(28)20-8-11-23(12-9-20)37(3)4)30(39)27(43-32)15-19-6-13-26(24(33)14-19)42-17-21-7-10-22(34)16-25(21)35/h6-16,29H,5,17H2,1-4H3/b27-15-/t29-/m0/s1. The molecule has 0 saturated carbocycles. The number of thiazole rings is 1. The van der Waals surface area contributed by atoms with Crippen LogP contribution in [-0.4, -0.2) is 31.2 Å². The first kappa shape index (κ1) is 31.1. The highest BCUT2D eigenvalue weighted by molar-refractivity contribution is 9.10. The second-order valence-corrected chi connectivity index (χ2v) is 12.7. The molecular weight excluding hydrogens is 673 g/mol. The number of hydrogen-bond acceptors (Lipinski definition) is 7. The summed E-state index contributed by atoms with van der Waals surface area (Å²) in [7, 11) is 3.91.